The molecule has 0 radical (unpaired) electrons. The standard InChI is InChI=1S/C15H12BrClO2/c1-10-2-4-11(5-3-10)14(18)9-19-15-7-6-12(16)8-13(15)17/h2-8H,9H2,1H3. The maximum absolute atomic E-state index is 11.9. The van der Waals surface area contributed by atoms with Crippen LogP contribution in [0.4, 0.5) is 0 Å². The van der Waals surface area contributed by atoms with Gasteiger partial charge < -0.3 is 4.74 Å². The van der Waals surface area contributed by atoms with Crippen LogP contribution in [0, 0.1) is 6.92 Å². The van der Waals surface area contributed by atoms with E-state index < -0.39 is 0 Å². The number of ketones is 1. The Balaban J connectivity index is 2.02. The van der Waals surface area contributed by atoms with Crippen molar-refractivity contribution in [2.45, 2.75) is 6.92 Å². The van der Waals surface area contributed by atoms with Crippen molar-refractivity contribution in [3.63, 3.8) is 0 Å². The molecular weight excluding hydrogens is 328 g/mol. The summed E-state index contributed by atoms with van der Waals surface area (Å²) in [6.45, 7) is 1.96. The van der Waals surface area contributed by atoms with Crippen molar-refractivity contribution in [1.29, 1.82) is 0 Å². The van der Waals surface area contributed by atoms with Gasteiger partial charge in [0.15, 0.2) is 12.4 Å². The molecular formula is C15H12BrClO2. The van der Waals surface area contributed by atoms with Gasteiger partial charge in [0, 0.05) is 10.0 Å². The molecule has 0 heterocycles. The van der Waals surface area contributed by atoms with Crippen LogP contribution in [0.25, 0.3) is 0 Å². The monoisotopic (exact) mass is 338 g/mol. The Bertz CT molecular complexity index is 594. The Morgan fingerprint density at radius 2 is 1.89 bits per heavy atom. The third-order valence-electron chi connectivity index (χ3n) is 2.63. The molecule has 0 aromatic heterocycles. The average molecular weight is 340 g/mol. The molecule has 4 heteroatoms. The van der Waals surface area contributed by atoms with Crippen LogP contribution in [0.15, 0.2) is 46.9 Å². The molecule has 0 aliphatic heterocycles. The van der Waals surface area contributed by atoms with E-state index >= 15 is 0 Å². The van der Waals surface area contributed by atoms with E-state index in [0.29, 0.717) is 16.3 Å². The molecule has 0 fully saturated rings. The minimum Gasteiger partial charge on any atom is -0.484 e. The van der Waals surface area contributed by atoms with E-state index in [9.17, 15) is 4.79 Å². The molecule has 0 saturated heterocycles. The van der Waals surface area contributed by atoms with E-state index in [1.54, 1.807) is 24.3 Å². The van der Waals surface area contributed by atoms with Crippen LogP contribution in [-0.2, 0) is 0 Å². The van der Waals surface area contributed by atoms with Gasteiger partial charge in [-0.2, -0.15) is 0 Å². The lowest BCUT2D eigenvalue weighted by molar-refractivity contribution is 0.0921. The fraction of sp³-hybridized carbons (Fsp3) is 0.133. The number of aryl methyl sites for hydroxylation is 1. The number of Topliss-reactive ketones (excluding diaryl/α,β-unsaturated/α-hetero) is 1. The van der Waals surface area contributed by atoms with Gasteiger partial charge in [0.2, 0.25) is 0 Å². The number of ether oxygens (including phenoxy) is 1. The Labute approximate surface area is 125 Å². The van der Waals surface area contributed by atoms with Crippen molar-refractivity contribution in [2.24, 2.45) is 0 Å². The van der Waals surface area contributed by atoms with E-state index in [2.05, 4.69) is 15.9 Å². The van der Waals surface area contributed by atoms with Gasteiger partial charge in [-0.05, 0) is 25.1 Å². The van der Waals surface area contributed by atoms with Crippen molar-refractivity contribution in [3.05, 3.63) is 63.1 Å². The van der Waals surface area contributed by atoms with Crippen LogP contribution in [0.2, 0.25) is 5.02 Å². The summed E-state index contributed by atoms with van der Waals surface area (Å²) >= 11 is 9.33. The van der Waals surface area contributed by atoms with Crippen molar-refractivity contribution >= 4 is 33.3 Å². The number of benzene rings is 2. The molecule has 0 saturated carbocycles. The fourth-order valence-corrected chi connectivity index (χ4v) is 2.29. The van der Waals surface area contributed by atoms with Gasteiger partial charge in [-0.3, -0.25) is 4.79 Å². The molecule has 0 N–H and O–H groups in total. The summed E-state index contributed by atoms with van der Waals surface area (Å²) in [4.78, 5) is 11.9. The molecule has 0 spiro atoms. The third kappa shape index (κ3) is 3.82. The molecule has 19 heavy (non-hydrogen) atoms. The van der Waals surface area contributed by atoms with Gasteiger partial charge in [-0.15, -0.1) is 0 Å². The molecule has 2 nitrogen and oxygen atoms in total. The Hall–Kier alpha value is -1.32. The van der Waals surface area contributed by atoms with Gasteiger partial charge in [0.25, 0.3) is 0 Å². The zero-order valence-corrected chi connectivity index (χ0v) is 12.7. The maximum atomic E-state index is 11.9. The zero-order valence-electron chi connectivity index (χ0n) is 10.3. The van der Waals surface area contributed by atoms with E-state index in [1.807, 2.05) is 25.1 Å². The van der Waals surface area contributed by atoms with E-state index in [0.717, 1.165) is 10.0 Å². The highest BCUT2D eigenvalue weighted by atomic mass is 79.9. The summed E-state index contributed by atoms with van der Waals surface area (Å²) in [5.74, 6) is 0.435. The van der Waals surface area contributed by atoms with Crippen molar-refractivity contribution < 1.29 is 9.53 Å². The molecule has 0 amide bonds. The Kier molecular flexibility index (Phi) is 4.61. The van der Waals surface area contributed by atoms with E-state index in [-0.39, 0.29) is 12.4 Å². The summed E-state index contributed by atoms with van der Waals surface area (Å²) in [5.41, 5.74) is 1.76. The lowest BCUT2D eigenvalue weighted by Gasteiger charge is -2.07. The average Bonchev–Trinajstić information content (AvgIpc) is 2.38. The highest BCUT2D eigenvalue weighted by Crippen LogP contribution is 2.27. The van der Waals surface area contributed by atoms with Crippen LogP contribution in [0.1, 0.15) is 15.9 Å². The summed E-state index contributed by atoms with van der Waals surface area (Å²) in [6.07, 6.45) is 0. The molecule has 0 bridgehead atoms. The van der Waals surface area contributed by atoms with Gasteiger partial charge in [0.05, 0.1) is 5.02 Å². The zero-order chi connectivity index (χ0) is 13.8. The van der Waals surface area contributed by atoms with Crippen LogP contribution in [0.5, 0.6) is 5.75 Å². The molecule has 0 aliphatic rings. The van der Waals surface area contributed by atoms with Crippen LogP contribution < -0.4 is 4.74 Å². The summed E-state index contributed by atoms with van der Waals surface area (Å²) in [7, 11) is 0. The number of hydrogen-bond donors (Lipinski definition) is 0. The maximum Gasteiger partial charge on any atom is 0.200 e. The summed E-state index contributed by atoms with van der Waals surface area (Å²) in [6, 6.07) is 12.7. The van der Waals surface area contributed by atoms with E-state index in [1.165, 1.54) is 0 Å². The molecule has 2 rings (SSSR count). The highest BCUT2D eigenvalue weighted by Gasteiger charge is 2.08. The second-order valence-corrected chi connectivity index (χ2v) is 5.48. The third-order valence-corrected chi connectivity index (χ3v) is 3.41. The predicted octanol–water partition coefficient (Wildman–Crippen LogP) is 4.67. The Morgan fingerprint density at radius 3 is 2.53 bits per heavy atom. The van der Waals surface area contributed by atoms with Gasteiger partial charge in [-0.25, -0.2) is 0 Å². The second kappa shape index (κ2) is 6.22. The number of halogens is 2. The van der Waals surface area contributed by atoms with Crippen molar-refractivity contribution in [1.82, 2.24) is 0 Å². The molecule has 0 aliphatic carbocycles. The number of hydrogen-bond acceptors (Lipinski definition) is 2. The van der Waals surface area contributed by atoms with Crippen LogP contribution >= 0.6 is 27.5 Å². The summed E-state index contributed by atoms with van der Waals surface area (Å²) < 4.78 is 6.31. The summed E-state index contributed by atoms with van der Waals surface area (Å²) in [5, 5.41) is 0.478. The fourth-order valence-electron chi connectivity index (χ4n) is 1.56. The number of carbonyl (C=O) groups excluding carboxylic acids is 1. The minimum absolute atomic E-state index is 0.0234. The molecule has 0 unspecified atom stereocenters. The predicted molar refractivity (Wildman–Crippen MR) is 80.2 cm³/mol. The quantitative estimate of drug-likeness (QED) is 0.757. The normalized spacial score (nSPS) is 10.3. The first-order valence-corrected chi connectivity index (χ1v) is 6.91. The molecule has 2 aromatic carbocycles. The van der Waals surface area contributed by atoms with Crippen molar-refractivity contribution in [2.75, 3.05) is 6.61 Å². The van der Waals surface area contributed by atoms with Crippen molar-refractivity contribution in [3.8, 4) is 5.75 Å². The van der Waals surface area contributed by atoms with Gasteiger partial charge in [0.1, 0.15) is 5.75 Å². The lowest BCUT2D eigenvalue weighted by Crippen LogP contribution is -2.11. The lowest BCUT2D eigenvalue weighted by atomic mass is 10.1. The molecule has 2 aromatic rings. The first kappa shape index (κ1) is 14.1. The highest BCUT2D eigenvalue weighted by molar-refractivity contribution is 9.10. The topological polar surface area (TPSA) is 26.3 Å². The smallest absolute Gasteiger partial charge is 0.200 e. The SMILES string of the molecule is Cc1ccc(C(=O)COc2ccc(Br)cc2Cl)cc1. The second-order valence-electron chi connectivity index (χ2n) is 4.15. The van der Waals surface area contributed by atoms with Gasteiger partial charge >= 0.3 is 0 Å². The van der Waals surface area contributed by atoms with Crippen LogP contribution in [-0.4, -0.2) is 12.4 Å². The minimum atomic E-state index is -0.0704. The Morgan fingerprint density at radius 1 is 1.21 bits per heavy atom. The largest absolute Gasteiger partial charge is 0.484 e. The first-order chi connectivity index (χ1) is 9.06. The number of rotatable bonds is 4. The first-order valence-electron chi connectivity index (χ1n) is 5.74. The molecule has 0 atom stereocenters. The van der Waals surface area contributed by atoms with Crippen LogP contribution in [0.3, 0.4) is 0 Å². The van der Waals surface area contributed by atoms with E-state index in [4.69, 9.17) is 16.3 Å². The molecule has 98 valence electrons. The number of carbonyl (C=O) groups is 1. The van der Waals surface area contributed by atoms with Gasteiger partial charge in [-0.1, -0.05) is 57.4 Å².